The Bertz CT molecular complexity index is 695. The van der Waals surface area contributed by atoms with Gasteiger partial charge in [0.15, 0.2) is 5.82 Å². The van der Waals surface area contributed by atoms with Crippen molar-refractivity contribution in [3.63, 3.8) is 0 Å². The molecule has 0 aliphatic carbocycles. The Labute approximate surface area is 100 Å². The highest BCUT2D eigenvalue weighted by Crippen LogP contribution is 2.38. The molecular formula is C11H6N4O3. The van der Waals surface area contributed by atoms with Gasteiger partial charge in [-0.2, -0.15) is 4.99 Å². The van der Waals surface area contributed by atoms with Crippen molar-refractivity contribution in [2.75, 3.05) is 0 Å². The van der Waals surface area contributed by atoms with Crippen molar-refractivity contribution in [3.8, 4) is 0 Å². The van der Waals surface area contributed by atoms with E-state index in [1.165, 1.54) is 12.2 Å². The Hall–Kier alpha value is -3.01. The number of rotatable bonds is 2. The minimum absolute atomic E-state index is 0.0581. The number of carbonyl (C=O) groups is 1. The molecule has 7 heteroatoms. The van der Waals surface area contributed by atoms with Gasteiger partial charge in [-0.15, -0.1) is 4.99 Å². The van der Waals surface area contributed by atoms with Crippen LogP contribution in [0.2, 0.25) is 0 Å². The normalized spacial score (nSPS) is 9.56. The van der Waals surface area contributed by atoms with E-state index in [0.717, 1.165) is 4.57 Å². The lowest BCUT2D eigenvalue weighted by molar-refractivity contribution is 0.251. The molecule has 2 N–H and O–H groups in total. The Morgan fingerprint density at radius 1 is 1.17 bits per heavy atom. The highest BCUT2D eigenvalue weighted by atomic mass is 16.2. The molecule has 0 radical (unpaired) electrons. The SMILES string of the molecule is NC(=O)n1c(N=C=O)c(N=C=O)c2ccccc21. The molecule has 1 aromatic carbocycles. The van der Waals surface area contributed by atoms with Crippen molar-refractivity contribution in [3.05, 3.63) is 24.3 Å². The van der Waals surface area contributed by atoms with Crippen LogP contribution in [0.3, 0.4) is 0 Å². The van der Waals surface area contributed by atoms with E-state index in [9.17, 15) is 14.4 Å². The van der Waals surface area contributed by atoms with Gasteiger partial charge < -0.3 is 5.73 Å². The van der Waals surface area contributed by atoms with Gasteiger partial charge in [-0.3, -0.25) is 0 Å². The summed E-state index contributed by atoms with van der Waals surface area (Å²) < 4.78 is 0.983. The van der Waals surface area contributed by atoms with Gasteiger partial charge in [0.2, 0.25) is 12.2 Å². The summed E-state index contributed by atoms with van der Waals surface area (Å²) >= 11 is 0. The Morgan fingerprint density at radius 3 is 2.44 bits per heavy atom. The standard InChI is InChI=1S/C11H6N4O3/c12-11(18)15-8-4-2-1-3-7(8)9(13-5-16)10(15)14-6-17/h1-4H,(H2,12,18). The molecule has 0 saturated carbocycles. The third kappa shape index (κ3) is 1.62. The second kappa shape index (κ2) is 4.47. The Balaban J connectivity index is 3.03. The number of nitrogens with two attached hydrogens (primary N) is 1. The number of isocyanates is 2. The molecular weight excluding hydrogens is 236 g/mol. The van der Waals surface area contributed by atoms with Crippen LogP contribution in [-0.2, 0) is 9.59 Å². The van der Waals surface area contributed by atoms with Gasteiger partial charge in [0.05, 0.1) is 5.52 Å². The van der Waals surface area contributed by atoms with Crippen LogP contribution < -0.4 is 5.73 Å². The third-order valence-corrected chi connectivity index (χ3v) is 2.35. The topological polar surface area (TPSA) is 107 Å². The fraction of sp³-hybridized carbons (Fsp3) is 0. The maximum atomic E-state index is 11.4. The zero-order chi connectivity index (χ0) is 13.1. The average molecular weight is 242 g/mol. The number of fused-ring (bicyclic) bond motifs is 1. The van der Waals surface area contributed by atoms with E-state index >= 15 is 0 Å². The van der Waals surface area contributed by atoms with Crippen LogP contribution in [0.25, 0.3) is 10.9 Å². The highest BCUT2D eigenvalue weighted by Gasteiger charge is 2.19. The fourth-order valence-electron chi connectivity index (χ4n) is 1.73. The molecule has 2 rings (SSSR count). The van der Waals surface area contributed by atoms with Crippen LogP contribution in [0.1, 0.15) is 0 Å². The molecule has 1 amide bonds. The number of carbonyl (C=O) groups excluding carboxylic acids is 3. The van der Waals surface area contributed by atoms with Crippen molar-refractivity contribution in [2.45, 2.75) is 0 Å². The van der Waals surface area contributed by atoms with Crippen LogP contribution in [-0.4, -0.2) is 22.8 Å². The first-order chi connectivity index (χ1) is 8.70. The van der Waals surface area contributed by atoms with Gasteiger partial charge in [-0.05, 0) is 6.07 Å². The number of primary amides is 1. The van der Waals surface area contributed by atoms with E-state index in [2.05, 4.69) is 9.98 Å². The molecule has 1 aromatic heterocycles. The summed E-state index contributed by atoms with van der Waals surface area (Å²) in [6.45, 7) is 0. The summed E-state index contributed by atoms with van der Waals surface area (Å²) in [7, 11) is 0. The molecule has 1 heterocycles. The number of aliphatic imine (C=N–C) groups is 2. The van der Waals surface area contributed by atoms with E-state index in [4.69, 9.17) is 5.73 Å². The van der Waals surface area contributed by atoms with Gasteiger partial charge in [0.25, 0.3) is 0 Å². The van der Waals surface area contributed by atoms with E-state index in [0.29, 0.717) is 10.9 Å². The zero-order valence-electron chi connectivity index (χ0n) is 8.95. The summed E-state index contributed by atoms with van der Waals surface area (Å²) in [6, 6.07) is 5.73. The van der Waals surface area contributed by atoms with E-state index in [1.54, 1.807) is 24.3 Å². The number of aromatic nitrogens is 1. The predicted molar refractivity (Wildman–Crippen MR) is 62.5 cm³/mol. The van der Waals surface area contributed by atoms with Crippen molar-refractivity contribution in [2.24, 2.45) is 15.7 Å². The van der Waals surface area contributed by atoms with Gasteiger partial charge >= 0.3 is 6.03 Å². The molecule has 88 valence electrons. The van der Waals surface area contributed by atoms with E-state index in [-0.39, 0.29) is 11.5 Å². The first-order valence-corrected chi connectivity index (χ1v) is 4.79. The second-order valence-electron chi connectivity index (χ2n) is 3.27. The number of benzene rings is 1. The third-order valence-electron chi connectivity index (χ3n) is 2.35. The molecule has 0 aliphatic heterocycles. The number of nitrogens with zero attached hydrogens (tertiary/aromatic N) is 3. The van der Waals surface area contributed by atoms with Crippen LogP contribution in [0.5, 0.6) is 0 Å². The number of hydrogen-bond acceptors (Lipinski definition) is 5. The summed E-state index contributed by atoms with van der Waals surface area (Å²) in [5.41, 5.74) is 5.67. The molecule has 2 aromatic rings. The largest absolute Gasteiger partial charge is 0.351 e. The molecule has 0 saturated heterocycles. The maximum Gasteiger partial charge on any atom is 0.325 e. The minimum atomic E-state index is -0.840. The van der Waals surface area contributed by atoms with Crippen molar-refractivity contribution < 1.29 is 14.4 Å². The molecule has 18 heavy (non-hydrogen) atoms. The van der Waals surface area contributed by atoms with Gasteiger partial charge in [0.1, 0.15) is 5.69 Å². The molecule has 0 spiro atoms. The smallest absolute Gasteiger partial charge is 0.325 e. The van der Waals surface area contributed by atoms with Gasteiger partial charge in [-0.25, -0.2) is 19.0 Å². The van der Waals surface area contributed by atoms with Crippen LogP contribution in [0, 0.1) is 0 Å². The summed E-state index contributed by atoms with van der Waals surface area (Å²) in [5.74, 6) is -0.137. The van der Waals surface area contributed by atoms with Crippen molar-refractivity contribution >= 4 is 40.6 Å². The van der Waals surface area contributed by atoms with Crippen LogP contribution in [0.4, 0.5) is 16.3 Å². The van der Waals surface area contributed by atoms with E-state index in [1.807, 2.05) is 0 Å². The molecule has 0 unspecified atom stereocenters. The zero-order valence-corrected chi connectivity index (χ0v) is 8.95. The van der Waals surface area contributed by atoms with Crippen molar-refractivity contribution in [1.29, 1.82) is 0 Å². The lowest BCUT2D eigenvalue weighted by Gasteiger charge is -1.99. The van der Waals surface area contributed by atoms with Crippen LogP contribution >= 0.6 is 0 Å². The molecule has 0 atom stereocenters. The predicted octanol–water partition coefficient (Wildman–Crippen LogP) is 1.50. The monoisotopic (exact) mass is 242 g/mol. The highest BCUT2D eigenvalue weighted by molar-refractivity contribution is 6.05. The summed E-state index contributed by atoms with van der Waals surface area (Å²) in [6.07, 6.45) is 2.64. The lowest BCUT2D eigenvalue weighted by atomic mass is 10.2. The van der Waals surface area contributed by atoms with Gasteiger partial charge in [-0.1, -0.05) is 18.2 Å². The molecule has 0 aliphatic rings. The average Bonchev–Trinajstić information content (AvgIpc) is 2.65. The second-order valence-corrected chi connectivity index (χ2v) is 3.27. The molecule has 7 nitrogen and oxygen atoms in total. The lowest BCUT2D eigenvalue weighted by Crippen LogP contribution is -2.18. The maximum absolute atomic E-state index is 11.4. The Morgan fingerprint density at radius 2 is 1.83 bits per heavy atom. The summed E-state index contributed by atoms with van der Waals surface area (Å²) in [5, 5.41) is 0.466. The van der Waals surface area contributed by atoms with E-state index < -0.39 is 6.03 Å². The first kappa shape index (κ1) is 11.5. The van der Waals surface area contributed by atoms with Crippen LogP contribution in [0.15, 0.2) is 34.3 Å². The summed E-state index contributed by atoms with van der Waals surface area (Å²) in [4.78, 5) is 39.0. The fourth-order valence-corrected chi connectivity index (χ4v) is 1.73. The molecule has 0 fully saturated rings. The number of para-hydroxylation sites is 1. The quantitative estimate of drug-likeness (QED) is 0.636. The number of amides is 1. The molecule has 0 bridgehead atoms. The number of hydrogen-bond donors (Lipinski definition) is 1. The minimum Gasteiger partial charge on any atom is -0.351 e. The first-order valence-electron chi connectivity index (χ1n) is 4.79. The van der Waals surface area contributed by atoms with Gasteiger partial charge in [0, 0.05) is 5.39 Å². The van der Waals surface area contributed by atoms with Crippen molar-refractivity contribution in [1.82, 2.24) is 4.57 Å². The Kier molecular flexibility index (Phi) is 2.85.